The Hall–Kier alpha value is -0.690. The van der Waals surface area contributed by atoms with Gasteiger partial charge < -0.3 is 20.3 Å². The lowest BCUT2D eigenvalue weighted by molar-refractivity contribution is -0.193. The topological polar surface area (TPSA) is 93.1 Å². The van der Waals surface area contributed by atoms with Crippen molar-refractivity contribution in [2.45, 2.75) is 6.23 Å². The molecular weight excluding hydrogens is 130 g/mol. The molecule has 0 aromatic heterocycles. The minimum Gasteiger partial charge on any atom is -0.760 e. The van der Waals surface area contributed by atoms with Crippen molar-refractivity contribution in [2.75, 3.05) is 7.11 Å². The van der Waals surface area contributed by atoms with E-state index in [-0.39, 0.29) is 0 Å². The van der Waals surface area contributed by atoms with Crippen molar-refractivity contribution in [3.8, 4) is 0 Å². The number of aliphatic hydroxyl groups is 1. The molecule has 0 aromatic rings. The van der Waals surface area contributed by atoms with E-state index in [4.69, 9.17) is 10.3 Å². The number of methoxy groups -OCH3 is 1. The molecule has 54 valence electrons. The number of ether oxygens (including phenoxy) is 1. The van der Waals surface area contributed by atoms with Gasteiger partial charge in [-0.3, -0.25) is 0 Å². The highest BCUT2D eigenvalue weighted by atomic mass is 16.8. The molecule has 6 heteroatoms. The molecule has 0 amide bonds. The Morgan fingerprint density at radius 3 is 2.44 bits per heavy atom. The number of hydrogen-bond acceptors (Lipinski definition) is 6. The lowest BCUT2D eigenvalue weighted by Crippen LogP contribution is -2.35. The molecule has 0 radical (unpaired) electrons. The molecule has 0 heterocycles. The van der Waals surface area contributed by atoms with Crippen LogP contribution in [0.2, 0.25) is 0 Å². The summed E-state index contributed by atoms with van der Waals surface area (Å²) in [6, 6.07) is 0. The number of hydrogen-bond donors (Lipinski definition) is 2. The summed E-state index contributed by atoms with van der Waals surface area (Å²) in [5.74, 6) is -1.20. The molecule has 0 spiro atoms. The van der Waals surface area contributed by atoms with E-state index in [1.807, 2.05) is 0 Å². The second kappa shape index (κ2) is 3.36. The first-order valence-corrected chi connectivity index (χ1v) is 2.00. The van der Waals surface area contributed by atoms with Crippen LogP contribution in [0.25, 0.3) is 0 Å². The summed E-state index contributed by atoms with van der Waals surface area (Å²) in [5.41, 5.74) is 0. The fourth-order valence-corrected chi connectivity index (χ4v) is 0.196. The third-order valence-corrected chi connectivity index (χ3v) is 0.621. The third-order valence-electron chi connectivity index (χ3n) is 0.621. The fraction of sp³-hybridized carbons (Fsp3) is 0.667. The molecular formula is C3H6NO5-. The van der Waals surface area contributed by atoms with E-state index in [2.05, 4.69) is 4.74 Å². The van der Waals surface area contributed by atoms with Crippen molar-refractivity contribution in [2.24, 2.45) is 0 Å². The summed E-state index contributed by atoms with van der Waals surface area (Å²) < 4.78 is 3.88. The van der Waals surface area contributed by atoms with E-state index in [0.717, 1.165) is 7.11 Å². The van der Waals surface area contributed by atoms with E-state index in [1.165, 1.54) is 0 Å². The van der Waals surface area contributed by atoms with E-state index in [9.17, 15) is 10.0 Å². The number of hydroxylamine groups is 2. The molecule has 0 aliphatic rings. The highest BCUT2D eigenvalue weighted by molar-refractivity contribution is 5.73. The maximum absolute atomic E-state index is 10.1. The Morgan fingerprint density at radius 1 is 1.89 bits per heavy atom. The molecule has 0 rings (SSSR count). The summed E-state index contributed by atoms with van der Waals surface area (Å²) in [5, 5.41) is 24.9. The molecule has 0 aromatic carbocycles. The van der Waals surface area contributed by atoms with Crippen molar-refractivity contribution in [3.63, 3.8) is 0 Å². The Labute approximate surface area is 50.8 Å². The summed E-state index contributed by atoms with van der Waals surface area (Å²) in [7, 11) is 0.981. The molecule has 0 bridgehead atoms. The van der Waals surface area contributed by atoms with E-state index < -0.39 is 17.4 Å². The minimum atomic E-state index is -2.14. The van der Waals surface area contributed by atoms with Crippen LogP contribution >= 0.6 is 0 Å². The average molecular weight is 136 g/mol. The average Bonchev–Trinajstić information content (AvgIpc) is 1.84. The van der Waals surface area contributed by atoms with E-state index in [0.29, 0.717) is 0 Å². The monoisotopic (exact) mass is 136 g/mol. The number of rotatable bonds is 2. The zero-order chi connectivity index (χ0) is 7.44. The molecule has 9 heavy (non-hydrogen) atoms. The van der Waals surface area contributed by atoms with Gasteiger partial charge in [-0.25, -0.2) is 10.0 Å². The van der Waals surface area contributed by atoms with Gasteiger partial charge in [-0.2, -0.15) is 0 Å². The standard InChI is InChI=1S/C3H6NO5/c1-9-3(6)2(5)4(7)8/h2,5,7H,1H3/q-1. The summed E-state index contributed by atoms with van der Waals surface area (Å²) >= 11 is 0. The van der Waals surface area contributed by atoms with Gasteiger partial charge in [0, 0.05) is 0 Å². The molecule has 1 atom stereocenters. The first-order chi connectivity index (χ1) is 4.09. The van der Waals surface area contributed by atoms with Crippen LogP contribution in [-0.4, -0.2) is 34.8 Å². The van der Waals surface area contributed by atoms with Gasteiger partial charge in [-0.05, 0) is 0 Å². The van der Waals surface area contributed by atoms with Crippen LogP contribution in [0.15, 0.2) is 0 Å². The normalized spacial score (nSPS) is 13.4. The molecule has 0 saturated heterocycles. The lowest BCUT2D eigenvalue weighted by Gasteiger charge is -2.22. The van der Waals surface area contributed by atoms with Crippen LogP contribution in [0.4, 0.5) is 0 Å². The maximum atomic E-state index is 10.1. The Bertz CT molecular complexity index is 102. The zero-order valence-corrected chi connectivity index (χ0v) is 4.64. The number of esters is 1. The van der Waals surface area contributed by atoms with Crippen molar-refractivity contribution in [1.29, 1.82) is 0 Å². The number of carbonyl (C=O) groups is 1. The second-order valence-electron chi connectivity index (χ2n) is 1.20. The Balaban J connectivity index is 3.72. The van der Waals surface area contributed by atoms with Crippen LogP contribution in [0.1, 0.15) is 0 Å². The Morgan fingerprint density at radius 2 is 2.33 bits per heavy atom. The Kier molecular flexibility index (Phi) is 3.10. The molecule has 0 aliphatic carbocycles. The van der Waals surface area contributed by atoms with Gasteiger partial charge >= 0.3 is 5.97 Å². The second-order valence-corrected chi connectivity index (χ2v) is 1.20. The van der Waals surface area contributed by atoms with Crippen molar-refractivity contribution >= 4 is 5.97 Å². The lowest BCUT2D eigenvalue weighted by atomic mass is 10.6. The van der Waals surface area contributed by atoms with Crippen molar-refractivity contribution < 1.29 is 19.8 Å². The quantitative estimate of drug-likeness (QED) is 0.277. The first-order valence-electron chi connectivity index (χ1n) is 2.00. The van der Waals surface area contributed by atoms with Gasteiger partial charge in [0.15, 0.2) is 0 Å². The van der Waals surface area contributed by atoms with Crippen LogP contribution in [0.3, 0.4) is 0 Å². The summed E-state index contributed by atoms with van der Waals surface area (Å²) in [6.07, 6.45) is -2.14. The fourth-order valence-electron chi connectivity index (χ4n) is 0.196. The first kappa shape index (κ1) is 8.31. The number of aliphatic hydroxyl groups excluding tert-OH is 1. The predicted octanol–water partition coefficient (Wildman–Crippen LogP) is -1.33. The molecule has 6 nitrogen and oxygen atoms in total. The van der Waals surface area contributed by atoms with E-state index in [1.54, 1.807) is 0 Å². The third kappa shape index (κ3) is 2.38. The van der Waals surface area contributed by atoms with Crippen molar-refractivity contribution in [1.82, 2.24) is 5.23 Å². The van der Waals surface area contributed by atoms with Gasteiger partial charge in [0.25, 0.3) is 0 Å². The smallest absolute Gasteiger partial charge is 0.351 e. The molecule has 0 fully saturated rings. The predicted molar refractivity (Wildman–Crippen MR) is 25.0 cm³/mol. The molecule has 0 aliphatic heterocycles. The van der Waals surface area contributed by atoms with Crippen LogP contribution in [0.5, 0.6) is 0 Å². The van der Waals surface area contributed by atoms with Crippen LogP contribution in [0, 0.1) is 5.21 Å². The van der Waals surface area contributed by atoms with Crippen LogP contribution < -0.4 is 0 Å². The maximum Gasteiger partial charge on any atom is 0.351 e. The zero-order valence-electron chi connectivity index (χ0n) is 4.64. The summed E-state index contributed by atoms with van der Waals surface area (Å²) in [6.45, 7) is 0. The molecule has 2 N–H and O–H groups in total. The number of carbonyl (C=O) groups excluding carboxylic acids is 1. The molecule has 0 saturated carbocycles. The van der Waals surface area contributed by atoms with Gasteiger partial charge in [0.1, 0.15) is 0 Å². The summed E-state index contributed by atoms with van der Waals surface area (Å²) in [4.78, 5) is 10.1. The van der Waals surface area contributed by atoms with Crippen LogP contribution in [-0.2, 0) is 9.53 Å². The van der Waals surface area contributed by atoms with Gasteiger partial charge in [-0.15, -0.1) is 0 Å². The molecule has 1 unspecified atom stereocenters. The van der Waals surface area contributed by atoms with E-state index >= 15 is 0 Å². The number of nitrogens with zero attached hydrogens (tertiary/aromatic N) is 1. The van der Waals surface area contributed by atoms with Crippen molar-refractivity contribution in [3.05, 3.63) is 5.21 Å². The van der Waals surface area contributed by atoms with Gasteiger partial charge in [0.2, 0.25) is 6.23 Å². The van der Waals surface area contributed by atoms with Gasteiger partial charge in [-0.1, -0.05) is 0 Å². The SMILES string of the molecule is COC(=O)C(O)N([O-])O. The van der Waals surface area contributed by atoms with Gasteiger partial charge in [0.05, 0.1) is 7.11 Å². The largest absolute Gasteiger partial charge is 0.760 e. The highest BCUT2D eigenvalue weighted by Crippen LogP contribution is 1.89. The minimum absolute atomic E-state index is 0.897. The highest BCUT2D eigenvalue weighted by Gasteiger charge is 2.14.